The van der Waals surface area contributed by atoms with E-state index in [1.807, 2.05) is 48.5 Å². The molecule has 2 atom stereocenters. The van der Waals surface area contributed by atoms with Gasteiger partial charge in [-0.25, -0.2) is 8.78 Å². The molecule has 0 saturated heterocycles. The van der Waals surface area contributed by atoms with Gasteiger partial charge in [-0.05, 0) is 82.3 Å². The van der Waals surface area contributed by atoms with Gasteiger partial charge in [0.15, 0.2) is 0 Å². The van der Waals surface area contributed by atoms with E-state index >= 15 is 0 Å². The number of aryl methyl sites for hydroxylation is 2. The minimum atomic E-state index is -5.11. The molecule has 0 spiro atoms. The van der Waals surface area contributed by atoms with Gasteiger partial charge in [-0.3, -0.25) is 0 Å². The Morgan fingerprint density at radius 1 is 0.471 bits per heavy atom. The van der Waals surface area contributed by atoms with Crippen LogP contribution >= 0.6 is 0 Å². The maximum absolute atomic E-state index is 13.4. The summed E-state index contributed by atoms with van der Waals surface area (Å²) in [4.78, 5) is 0. The molecular weight excluding hydrogens is 680 g/mol. The first kappa shape index (κ1) is 39.8. The Bertz CT molecular complexity index is 1530. The van der Waals surface area contributed by atoms with Gasteiger partial charge in [0.25, 0.3) is 12.7 Å². The van der Waals surface area contributed by atoms with Crippen molar-refractivity contribution in [2.75, 3.05) is 13.2 Å². The Balaban J connectivity index is 1.63. The van der Waals surface area contributed by atoms with Crippen LogP contribution in [0.2, 0.25) is 0 Å². The monoisotopic (exact) mass is 722 g/mol. The van der Waals surface area contributed by atoms with Crippen molar-refractivity contribution in [3.8, 4) is 11.5 Å². The molecule has 0 aliphatic heterocycles. The fourth-order valence-electron chi connectivity index (χ4n) is 5.58. The zero-order valence-electron chi connectivity index (χ0n) is 28.6. The average molecular weight is 723 g/mol. The topological polar surface area (TPSA) is 27.7 Å². The Labute approximate surface area is 293 Å². The summed E-state index contributed by atoms with van der Waals surface area (Å²) in [5, 5.41) is 0. The molecule has 0 radical (unpaired) electrons. The first-order valence-electron chi connectivity index (χ1n) is 17.0. The van der Waals surface area contributed by atoms with E-state index in [9.17, 15) is 35.1 Å². The van der Waals surface area contributed by atoms with Crippen molar-refractivity contribution >= 4 is 0 Å². The Morgan fingerprint density at radius 3 is 1.14 bits per heavy atom. The van der Waals surface area contributed by atoms with Crippen molar-refractivity contribution in [3.05, 3.63) is 129 Å². The lowest BCUT2D eigenvalue weighted by molar-refractivity contribution is -0.264. The van der Waals surface area contributed by atoms with Gasteiger partial charge in [0.2, 0.25) is 0 Å². The van der Waals surface area contributed by atoms with Gasteiger partial charge in [-0.15, -0.1) is 0 Å². The molecule has 0 saturated carbocycles. The van der Waals surface area contributed by atoms with E-state index in [1.165, 1.54) is 11.1 Å². The van der Waals surface area contributed by atoms with Crippen LogP contribution < -0.4 is 4.74 Å². The zero-order valence-corrected chi connectivity index (χ0v) is 28.6. The van der Waals surface area contributed by atoms with E-state index in [-0.39, 0.29) is 12.8 Å². The van der Waals surface area contributed by atoms with Crippen LogP contribution in [-0.4, -0.2) is 38.3 Å². The SMILES string of the molecule is CCCc1ccc(Cc2cc(CCOC(F)C(F)(F)F)ccc2Oc2ccc(CCOC(F)C(F)(F)F)cc2Cc2ccc(CCC)cc2)cc1. The summed E-state index contributed by atoms with van der Waals surface area (Å²) >= 11 is 0. The molecule has 0 aliphatic carbocycles. The summed E-state index contributed by atoms with van der Waals surface area (Å²) in [6, 6.07) is 26.6. The highest BCUT2D eigenvalue weighted by atomic mass is 19.4. The van der Waals surface area contributed by atoms with Crippen LogP contribution in [0.1, 0.15) is 71.2 Å². The molecule has 4 aromatic rings. The van der Waals surface area contributed by atoms with Crippen molar-refractivity contribution in [3.63, 3.8) is 0 Å². The molecule has 3 nitrogen and oxygen atoms in total. The van der Waals surface area contributed by atoms with Gasteiger partial charge >= 0.3 is 12.4 Å². The number of halogens is 8. The number of hydrogen-bond acceptors (Lipinski definition) is 3. The van der Waals surface area contributed by atoms with Crippen LogP contribution in [0.4, 0.5) is 35.1 Å². The Kier molecular flexibility index (Phi) is 14.4. The molecule has 0 aliphatic rings. The van der Waals surface area contributed by atoms with Crippen LogP contribution in [0.25, 0.3) is 0 Å². The van der Waals surface area contributed by atoms with Crippen LogP contribution in [0, 0.1) is 0 Å². The van der Waals surface area contributed by atoms with Gasteiger partial charge in [-0.2, -0.15) is 26.3 Å². The molecule has 51 heavy (non-hydrogen) atoms. The summed E-state index contributed by atoms with van der Waals surface area (Å²) in [6.07, 6.45) is -12.2. The third-order valence-corrected chi connectivity index (χ3v) is 8.21. The van der Waals surface area contributed by atoms with E-state index in [4.69, 9.17) is 4.74 Å². The quantitative estimate of drug-likeness (QED) is 0.0957. The summed E-state index contributed by atoms with van der Waals surface area (Å²) in [7, 11) is 0. The fourth-order valence-corrected chi connectivity index (χ4v) is 5.58. The van der Waals surface area contributed by atoms with E-state index < -0.39 is 38.3 Å². The number of benzene rings is 4. The van der Waals surface area contributed by atoms with Crippen molar-refractivity contribution in [2.24, 2.45) is 0 Å². The number of rotatable bonds is 18. The largest absolute Gasteiger partial charge is 0.457 e. The van der Waals surface area contributed by atoms with Gasteiger partial charge in [0, 0.05) is 12.8 Å². The maximum atomic E-state index is 13.4. The molecule has 0 amide bonds. The highest BCUT2D eigenvalue weighted by molar-refractivity contribution is 5.47. The molecule has 276 valence electrons. The minimum absolute atomic E-state index is 0.0311. The van der Waals surface area contributed by atoms with E-state index in [0.717, 1.165) is 47.9 Å². The lowest BCUT2D eigenvalue weighted by Crippen LogP contribution is -2.27. The zero-order chi connectivity index (χ0) is 37.0. The van der Waals surface area contributed by atoms with Crippen molar-refractivity contribution in [2.45, 2.75) is 90.3 Å². The Hall–Kier alpha value is -3.96. The highest BCUT2D eigenvalue weighted by Gasteiger charge is 2.42. The van der Waals surface area contributed by atoms with E-state index in [1.54, 1.807) is 36.4 Å². The van der Waals surface area contributed by atoms with Crippen molar-refractivity contribution in [1.29, 1.82) is 0 Å². The molecular formula is C40H42F8O3. The highest BCUT2D eigenvalue weighted by Crippen LogP contribution is 2.33. The van der Waals surface area contributed by atoms with Crippen LogP contribution in [0.3, 0.4) is 0 Å². The second-order valence-corrected chi connectivity index (χ2v) is 12.4. The number of ether oxygens (including phenoxy) is 3. The lowest BCUT2D eigenvalue weighted by atomic mass is 9.98. The van der Waals surface area contributed by atoms with E-state index in [0.29, 0.717) is 35.5 Å². The molecule has 4 rings (SSSR count). The lowest BCUT2D eigenvalue weighted by Gasteiger charge is -2.18. The maximum Gasteiger partial charge on any atom is 0.445 e. The molecule has 0 bridgehead atoms. The first-order valence-corrected chi connectivity index (χ1v) is 17.0. The smallest absolute Gasteiger partial charge is 0.445 e. The number of alkyl halides is 8. The third kappa shape index (κ3) is 12.6. The molecule has 0 heterocycles. The summed E-state index contributed by atoms with van der Waals surface area (Å²) in [6.45, 7) is 3.22. The molecule has 4 aromatic carbocycles. The average Bonchev–Trinajstić information content (AvgIpc) is 3.08. The van der Waals surface area contributed by atoms with Crippen LogP contribution in [-0.2, 0) is 48.0 Å². The normalized spacial score (nSPS) is 13.3. The molecule has 0 fully saturated rings. The molecule has 11 heteroatoms. The van der Waals surface area contributed by atoms with Crippen molar-refractivity contribution in [1.82, 2.24) is 0 Å². The van der Waals surface area contributed by atoms with Crippen molar-refractivity contribution < 1.29 is 49.3 Å². The predicted octanol–water partition coefficient (Wildman–Crippen LogP) is 11.4. The van der Waals surface area contributed by atoms with Gasteiger partial charge < -0.3 is 14.2 Å². The summed E-state index contributed by atoms with van der Waals surface area (Å²) < 4.78 is 118. The van der Waals surface area contributed by atoms with Crippen LogP contribution in [0.5, 0.6) is 11.5 Å². The summed E-state index contributed by atoms with van der Waals surface area (Å²) in [5.41, 5.74) is 7.04. The predicted molar refractivity (Wildman–Crippen MR) is 181 cm³/mol. The van der Waals surface area contributed by atoms with E-state index in [2.05, 4.69) is 23.3 Å². The second kappa shape index (κ2) is 18.5. The van der Waals surface area contributed by atoms with Gasteiger partial charge in [-0.1, -0.05) is 99.5 Å². The molecule has 0 N–H and O–H groups in total. The third-order valence-electron chi connectivity index (χ3n) is 8.21. The summed E-state index contributed by atoms with van der Waals surface area (Å²) in [5.74, 6) is 0.967. The van der Waals surface area contributed by atoms with Gasteiger partial charge in [0.1, 0.15) is 11.5 Å². The standard InChI is InChI=1S/C40H42F8O3/c1-3-5-27-7-11-29(12-8-27)23-33-25-31(19-21-49-37(41)39(43,44)45)15-17-35(33)51-36-18-16-32(20-22-50-38(42)40(46,47)48)26-34(36)24-30-13-9-28(6-4-2)10-14-30/h7-18,25-26,37-38H,3-6,19-24H2,1-2H3. The van der Waals surface area contributed by atoms with Crippen LogP contribution in [0.15, 0.2) is 84.9 Å². The number of hydrogen-bond donors (Lipinski definition) is 0. The Morgan fingerprint density at radius 2 is 0.804 bits per heavy atom. The molecule has 0 aromatic heterocycles. The second-order valence-electron chi connectivity index (χ2n) is 12.4. The minimum Gasteiger partial charge on any atom is -0.457 e. The van der Waals surface area contributed by atoms with Gasteiger partial charge in [0.05, 0.1) is 13.2 Å². The first-order chi connectivity index (χ1) is 24.2. The fraction of sp³-hybridized carbons (Fsp3) is 0.400. The molecule has 2 unspecified atom stereocenters.